The number of amides is 1. The number of thioether (sulfide) groups is 1. The summed E-state index contributed by atoms with van der Waals surface area (Å²) in [7, 11) is 0. The highest BCUT2D eigenvalue weighted by Crippen LogP contribution is 2.23. The van der Waals surface area contributed by atoms with E-state index in [1.54, 1.807) is 6.92 Å². The van der Waals surface area contributed by atoms with Crippen LogP contribution in [-0.4, -0.2) is 21.1 Å². The first-order chi connectivity index (χ1) is 13.8. The number of carbonyl (C=O) groups is 1. The fourth-order valence-corrected chi connectivity index (χ4v) is 3.82. The summed E-state index contributed by atoms with van der Waals surface area (Å²) in [5, 5.41) is 3.01. The molecule has 1 atom stereocenters. The van der Waals surface area contributed by atoms with Crippen molar-refractivity contribution in [1.29, 1.82) is 0 Å². The third-order valence-corrected chi connectivity index (χ3v) is 5.72. The standard InChI is InChI=1S/C23H25N3O2S/c1-14-10-11-15(2)20(12-14)25-21(27)17(4)29-23-24-16(3)19(22(28)26-23)13-18-8-6-5-7-9-18/h5-12,17H,13H2,1-4H3,(H,25,27)(H,24,26,28). The minimum Gasteiger partial charge on any atom is -0.325 e. The summed E-state index contributed by atoms with van der Waals surface area (Å²) >= 11 is 1.25. The Hall–Kier alpha value is -2.86. The van der Waals surface area contributed by atoms with E-state index >= 15 is 0 Å². The molecule has 150 valence electrons. The number of anilines is 1. The van der Waals surface area contributed by atoms with E-state index < -0.39 is 5.25 Å². The minimum absolute atomic E-state index is 0.127. The van der Waals surface area contributed by atoms with E-state index in [1.165, 1.54) is 11.8 Å². The molecule has 0 saturated carbocycles. The van der Waals surface area contributed by atoms with Crippen molar-refractivity contribution in [2.45, 2.75) is 44.5 Å². The molecular formula is C23H25N3O2S. The zero-order chi connectivity index (χ0) is 21.0. The summed E-state index contributed by atoms with van der Waals surface area (Å²) in [6.45, 7) is 7.58. The van der Waals surface area contributed by atoms with Gasteiger partial charge < -0.3 is 10.3 Å². The van der Waals surface area contributed by atoms with Crippen molar-refractivity contribution in [3.05, 3.63) is 86.8 Å². The van der Waals surface area contributed by atoms with E-state index in [9.17, 15) is 9.59 Å². The molecular weight excluding hydrogens is 382 g/mol. The number of H-pyrrole nitrogens is 1. The summed E-state index contributed by atoms with van der Waals surface area (Å²) < 4.78 is 0. The molecule has 0 aliphatic heterocycles. The Bertz CT molecular complexity index is 1080. The second-order valence-electron chi connectivity index (χ2n) is 7.17. The van der Waals surface area contributed by atoms with Crippen molar-refractivity contribution >= 4 is 23.4 Å². The maximum Gasteiger partial charge on any atom is 0.255 e. The third kappa shape index (κ3) is 5.35. The number of benzene rings is 2. The number of aromatic amines is 1. The SMILES string of the molecule is Cc1ccc(C)c(NC(=O)C(C)Sc2nc(C)c(Cc3ccccc3)c(=O)[nH]2)c1. The van der Waals surface area contributed by atoms with Gasteiger partial charge in [-0.05, 0) is 50.5 Å². The highest BCUT2D eigenvalue weighted by molar-refractivity contribution is 8.00. The Morgan fingerprint density at radius 3 is 2.55 bits per heavy atom. The summed E-state index contributed by atoms with van der Waals surface area (Å²) in [5.74, 6) is -0.127. The number of hydrogen-bond acceptors (Lipinski definition) is 4. The number of carbonyl (C=O) groups excluding carboxylic acids is 1. The lowest BCUT2D eigenvalue weighted by Gasteiger charge is -2.14. The summed E-state index contributed by atoms with van der Waals surface area (Å²) in [4.78, 5) is 32.5. The maximum absolute atomic E-state index is 12.6. The number of nitrogens with zero attached hydrogens (tertiary/aromatic N) is 1. The summed E-state index contributed by atoms with van der Waals surface area (Å²) in [6.07, 6.45) is 0.530. The van der Waals surface area contributed by atoms with Crippen LogP contribution in [0, 0.1) is 20.8 Å². The van der Waals surface area contributed by atoms with Gasteiger partial charge in [0.05, 0.1) is 5.25 Å². The highest BCUT2D eigenvalue weighted by Gasteiger charge is 2.18. The van der Waals surface area contributed by atoms with Gasteiger partial charge in [0.15, 0.2) is 5.16 Å². The maximum atomic E-state index is 12.6. The fourth-order valence-electron chi connectivity index (χ4n) is 2.97. The lowest BCUT2D eigenvalue weighted by molar-refractivity contribution is -0.115. The highest BCUT2D eigenvalue weighted by atomic mass is 32.2. The second kappa shape index (κ2) is 9.09. The smallest absolute Gasteiger partial charge is 0.255 e. The van der Waals surface area contributed by atoms with Crippen LogP contribution in [0.2, 0.25) is 0 Å². The van der Waals surface area contributed by atoms with Crippen LogP contribution >= 0.6 is 11.8 Å². The van der Waals surface area contributed by atoms with Gasteiger partial charge in [-0.25, -0.2) is 4.98 Å². The molecule has 1 unspecified atom stereocenters. The lowest BCUT2D eigenvalue weighted by atomic mass is 10.1. The molecule has 3 rings (SSSR count). The first-order valence-corrected chi connectivity index (χ1v) is 10.4. The Labute approximate surface area is 175 Å². The van der Waals surface area contributed by atoms with Crippen LogP contribution in [-0.2, 0) is 11.2 Å². The number of nitrogens with one attached hydrogen (secondary N) is 2. The van der Waals surface area contributed by atoms with Gasteiger partial charge >= 0.3 is 0 Å². The molecule has 0 bridgehead atoms. The largest absolute Gasteiger partial charge is 0.325 e. The molecule has 0 saturated heterocycles. The van der Waals surface area contributed by atoms with Gasteiger partial charge in [-0.3, -0.25) is 9.59 Å². The number of aromatic nitrogens is 2. The quantitative estimate of drug-likeness (QED) is 0.469. The van der Waals surface area contributed by atoms with Gasteiger partial charge in [-0.15, -0.1) is 0 Å². The van der Waals surface area contributed by atoms with Gasteiger partial charge in [0.1, 0.15) is 0 Å². The zero-order valence-electron chi connectivity index (χ0n) is 17.1. The molecule has 1 aromatic heterocycles. The zero-order valence-corrected chi connectivity index (χ0v) is 17.9. The predicted molar refractivity (Wildman–Crippen MR) is 119 cm³/mol. The molecule has 29 heavy (non-hydrogen) atoms. The summed E-state index contributed by atoms with van der Waals surface area (Å²) in [5.41, 5.74) is 5.12. The first kappa shape index (κ1) is 20.9. The van der Waals surface area contributed by atoms with Gasteiger partial charge in [0.25, 0.3) is 5.56 Å². The molecule has 3 aromatic rings. The van der Waals surface area contributed by atoms with E-state index in [1.807, 2.05) is 69.3 Å². The molecule has 6 heteroatoms. The molecule has 0 spiro atoms. The van der Waals surface area contributed by atoms with E-state index in [0.717, 1.165) is 22.4 Å². The topological polar surface area (TPSA) is 74.8 Å². The van der Waals surface area contributed by atoms with Crippen LogP contribution in [0.3, 0.4) is 0 Å². The Kier molecular flexibility index (Phi) is 6.54. The Morgan fingerprint density at radius 1 is 1.14 bits per heavy atom. The second-order valence-corrected chi connectivity index (χ2v) is 8.49. The normalized spacial score (nSPS) is 11.9. The Morgan fingerprint density at radius 2 is 1.86 bits per heavy atom. The minimum atomic E-state index is -0.405. The van der Waals surface area contributed by atoms with Crippen molar-refractivity contribution < 1.29 is 4.79 Å². The van der Waals surface area contributed by atoms with Crippen molar-refractivity contribution in [3.8, 4) is 0 Å². The van der Waals surface area contributed by atoms with Gasteiger partial charge in [0, 0.05) is 23.4 Å². The van der Waals surface area contributed by atoms with E-state index in [4.69, 9.17) is 0 Å². The van der Waals surface area contributed by atoms with Crippen LogP contribution in [0.1, 0.15) is 34.9 Å². The number of aryl methyl sites for hydroxylation is 3. The van der Waals surface area contributed by atoms with Crippen molar-refractivity contribution in [2.75, 3.05) is 5.32 Å². The molecule has 1 heterocycles. The lowest BCUT2D eigenvalue weighted by Crippen LogP contribution is -2.24. The first-order valence-electron chi connectivity index (χ1n) is 9.52. The molecule has 2 aromatic carbocycles. The van der Waals surface area contributed by atoms with Crippen molar-refractivity contribution in [1.82, 2.24) is 9.97 Å². The van der Waals surface area contributed by atoms with Crippen LogP contribution in [0.15, 0.2) is 58.5 Å². The van der Waals surface area contributed by atoms with E-state index in [-0.39, 0.29) is 11.5 Å². The van der Waals surface area contributed by atoms with Gasteiger partial charge in [-0.1, -0.05) is 54.2 Å². The third-order valence-electron chi connectivity index (χ3n) is 4.73. The average molecular weight is 408 g/mol. The molecule has 0 fully saturated rings. The van der Waals surface area contributed by atoms with Crippen LogP contribution in [0.4, 0.5) is 5.69 Å². The molecule has 0 aliphatic carbocycles. The fraction of sp³-hybridized carbons (Fsp3) is 0.261. The van der Waals surface area contributed by atoms with Crippen LogP contribution in [0.25, 0.3) is 0 Å². The molecule has 2 N–H and O–H groups in total. The van der Waals surface area contributed by atoms with Crippen LogP contribution in [0.5, 0.6) is 0 Å². The van der Waals surface area contributed by atoms with E-state index in [0.29, 0.717) is 22.8 Å². The molecule has 1 amide bonds. The predicted octanol–water partition coefficient (Wildman–Crippen LogP) is 4.41. The van der Waals surface area contributed by atoms with Gasteiger partial charge in [-0.2, -0.15) is 0 Å². The van der Waals surface area contributed by atoms with Gasteiger partial charge in [0.2, 0.25) is 5.91 Å². The average Bonchev–Trinajstić information content (AvgIpc) is 2.68. The monoisotopic (exact) mass is 407 g/mol. The molecule has 5 nitrogen and oxygen atoms in total. The number of hydrogen-bond donors (Lipinski definition) is 2. The molecule has 0 radical (unpaired) electrons. The van der Waals surface area contributed by atoms with E-state index in [2.05, 4.69) is 15.3 Å². The number of rotatable bonds is 6. The Balaban J connectivity index is 1.71. The van der Waals surface area contributed by atoms with Crippen LogP contribution < -0.4 is 10.9 Å². The summed E-state index contributed by atoms with van der Waals surface area (Å²) in [6, 6.07) is 15.8. The molecule has 0 aliphatic rings. The van der Waals surface area contributed by atoms with Crippen molar-refractivity contribution in [2.24, 2.45) is 0 Å². The van der Waals surface area contributed by atoms with Crippen molar-refractivity contribution in [3.63, 3.8) is 0 Å².